The number of allylic oxidation sites excluding steroid dienone is 1. The Morgan fingerprint density at radius 1 is 1.47 bits per heavy atom. The van der Waals surface area contributed by atoms with E-state index in [0.717, 1.165) is 11.3 Å². The number of amides is 1. The van der Waals surface area contributed by atoms with Gasteiger partial charge in [-0.15, -0.1) is 0 Å². The van der Waals surface area contributed by atoms with Crippen LogP contribution in [0.4, 0.5) is 24.7 Å². The Morgan fingerprint density at radius 2 is 2.23 bits per heavy atom. The van der Waals surface area contributed by atoms with Crippen LogP contribution in [-0.2, 0) is 4.74 Å². The maximum atomic E-state index is 12.4. The monoisotopic (exact) mass is 445 g/mol. The lowest BCUT2D eigenvalue weighted by molar-refractivity contribution is -0.353. The van der Waals surface area contributed by atoms with Crippen molar-refractivity contribution in [1.82, 2.24) is 10.2 Å². The molecule has 0 saturated heterocycles. The molecule has 14 heteroatoms. The molecule has 5 N–H and O–H groups in total. The second kappa shape index (κ2) is 11.0. The molecule has 0 spiro atoms. The van der Waals surface area contributed by atoms with Gasteiger partial charge in [0.2, 0.25) is 10.9 Å². The van der Waals surface area contributed by atoms with Gasteiger partial charge in [-0.1, -0.05) is 0 Å². The number of alkyl halides is 2. The first-order valence-electron chi connectivity index (χ1n) is 8.33. The van der Waals surface area contributed by atoms with Gasteiger partial charge in [0, 0.05) is 12.6 Å². The van der Waals surface area contributed by atoms with Crippen LogP contribution in [-0.4, -0.2) is 48.7 Å². The number of rotatable bonds is 10. The van der Waals surface area contributed by atoms with Gasteiger partial charge < -0.3 is 24.9 Å². The highest BCUT2D eigenvalue weighted by atomic mass is 32.1. The fraction of sp³-hybridized carbons (Fsp3) is 0.312. The maximum Gasteiger partial charge on any atom is 0.409 e. The molecule has 0 aliphatic rings. The van der Waals surface area contributed by atoms with Gasteiger partial charge in [-0.2, -0.15) is 8.78 Å². The molecule has 2 rings (SSSR count). The molecule has 162 valence electrons. The average molecular weight is 445 g/mol. The van der Waals surface area contributed by atoms with Crippen LogP contribution >= 0.6 is 11.3 Å². The zero-order valence-corrected chi connectivity index (χ0v) is 16.7. The number of nitrogens with zero attached hydrogens (tertiary/aromatic N) is 2. The normalized spacial score (nSPS) is 11.8. The van der Waals surface area contributed by atoms with Gasteiger partial charge >= 0.3 is 17.4 Å². The summed E-state index contributed by atoms with van der Waals surface area (Å²) in [5, 5.41) is 13.3. The molecule has 0 atom stereocenters. The second-order valence-electron chi connectivity index (χ2n) is 5.44. The summed E-state index contributed by atoms with van der Waals surface area (Å²) < 4.78 is 38.1. The third-order valence-electron chi connectivity index (χ3n) is 3.29. The highest BCUT2D eigenvalue weighted by Gasteiger charge is 2.20. The molecule has 1 amide bonds. The number of halogens is 2. The number of hydrogen-bond donors (Lipinski definition) is 4. The fourth-order valence-electron chi connectivity index (χ4n) is 2.09. The van der Waals surface area contributed by atoms with Crippen molar-refractivity contribution in [1.29, 1.82) is 0 Å². The first-order chi connectivity index (χ1) is 14.3. The van der Waals surface area contributed by atoms with Crippen LogP contribution in [0.15, 0.2) is 27.6 Å². The number of ether oxygens (including phenoxy) is 2. The summed E-state index contributed by atoms with van der Waals surface area (Å²) in [6.07, 6.45) is 2.97. The van der Waals surface area contributed by atoms with Crippen LogP contribution in [0.1, 0.15) is 17.5 Å². The van der Waals surface area contributed by atoms with Gasteiger partial charge in [-0.25, -0.2) is 9.79 Å². The Balaban J connectivity index is 2.14. The quantitative estimate of drug-likeness (QED) is 0.293. The molecule has 0 bridgehead atoms. The molecular formula is C16H19F2N6O5S+. The molecule has 30 heavy (non-hydrogen) atoms. The summed E-state index contributed by atoms with van der Waals surface area (Å²) in [6.45, 7) is -1.56. The van der Waals surface area contributed by atoms with Gasteiger partial charge in [0.15, 0.2) is 5.76 Å². The van der Waals surface area contributed by atoms with Crippen molar-refractivity contribution in [2.75, 3.05) is 30.9 Å². The summed E-state index contributed by atoms with van der Waals surface area (Å²) in [5.41, 5.74) is 5.15. The van der Waals surface area contributed by atoms with E-state index < -0.39 is 18.1 Å². The van der Waals surface area contributed by atoms with E-state index in [1.54, 1.807) is 13.0 Å². The number of aromatic nitrogens is 2. The van der Waals surface area contributed by atoms with Crippen LogP contribution in [0.5, 0.6) is 5.75 Å². The van der Waals surface area contributed by atoms with E-state index >= 15 is 0 Å². The molecule has 0 unspecified atom stereocenters. The first-order valence-corrected chi connectivity index (χ1v) is 9.15. The summed E-state index contributed by atoms with van der Waals surface area (Å²) in [4.78, 5) is 27.4. The number of nitrogens with one attached hydrogen (secondary N) is 3. The topological polar surface area (TPSA) is 156 Å². The predicted molar refractivity (Wildman–Crippen MR) is 104 cm³/mol. The van der Waals surface area contributed by atoms with E-state index in [9.17, 15) is 18.4 Å². The van der Waals surface area contributed by atoms with Crippen LogP contribution in [0, 0.1) is 0 Å². The molecule has 0 fully saturated rings. The molecule has 0 aromatic carbocycles. The minimum Gasteiger partial charge on any atom is -0.488 e. The highest BCUT2D eigenvalue weighted by molar-refractivity contribution is 7.18. The lowest BCUT2D eigenvalue weighted by Gasteiger charge is -2.11. The minimum atomic E-state index is -2.92. The van der Waals surface area contributed by atoms with Gasteiger partial charge in [-0.05, 0) is 35.6 Å². The van der Waals surface area contributed by atoms with E-state index in [-0.39, 0.29) is 35.5 Å². The molecule has 2 aromatic rings. The number of anilines is 2. The highest BCUT2D eigenvalue weighted by Crippen LogP contribution is 2.22. The van der Waals surface area contributed by atoms with Crippen molar-refractivity contribution in [2.45, 2.75) is 13.5 Å². The largest absolute Gasteiger partial charge is 0.488 e. The number of nitrogens with two attached hydrogens (primary N) is 1. The van der Waals surface area contributed by atoms with Crippen LogP contribution in [0.25, 0.3) is 0 Å². The zero-order chi connectivity index (χ0) is 22.1. The summed E-state index contributed by atoms with van der Waals surface area (Å²) >= 11 is 1.04. The van der Waals surface area contributed by atoms with E-state index in [2.05, 4.69) is 30.6 Å². The SMILES string of the molecule is COc1c(NCCOC(F)F)cc(C(=O)Nc2nnc(/[NH+]=C(C)/C=C\N)s2)oc1=O. The van der Waals surface area contributed by atoms with Crippen molar-refractivity contribution >= 4 is 38.9 Å². The van der Waals surface area contributed by atoms with Gasteiger partial charge in [0.1, 0.15) is 5.71 Å². The molecular weight excluding hydrogens is 426 g/mol. The standard InChI is InChI=1S/C16H18F2N6O5S/c1-8(3-4-19)21-15-23-24-16(30-15)22-12(25)10-7-9(11(27-2)13(26)29-10)20-5-6-28-14(17)18/h3-4,7,14,20H,5-6,19H2,1-2H3,(H,22,24,25)/p+1/b4-3-,21-8+. The van der Waals surface area contributed by atoms with Crippen LogP contribution in [0.3, 0.4) is 0 Å². The van der Waals surface area contributed by atoms with E-state index in [0.29, 0.717) is 10.8 Å². The average Bonchev–Trinajstić information content (AvgIpc) is 3.11. The number of hydrogen-bond acceptors (Lipinski definition) is 10. The second-order valence-corrected chi connectivity index (χ2v) is 6.41. The van der Waals surface area contributed by atoms with Crippen molar-refractivity contribution in [3.8, 4) is 5.75 Å². The predicted octanol–water partition coefficient (Wildman–Crippen LogP) is 0.0487. The Morgan fingerprint density at radius 3 is 2.90 bits per heavy atom. The third kappa shape index (κ3) is 6.59. The van der Waals surface area contributed by atoms with Crippen LogP contribution in [0.2, 0.25) is 0 Å². The number of carbonyl (C=O) groups excluding carboxylic acids is 1. The smallest absolute Gasteiger partial charge is 0.409 e. The molecule has 0 aliphatic heterocycles. The van der Waals surface area contributed by atoms with Gasteiger partial charge in [-0.3, -0.25) is 10.1 Å². The van der Waals surface area contributed by atoms with Gasteiger partial charge in [0.25, 0.3) is 5.91 Å². The minimum absolute atomic E-state index is 0.0657. The molecule has 2 heterocycles. The number of carbonyl (C=O) groups is 1. The Bertz CT molecular complexity index is 991. The van der Waals surface area contributed by atoms with Gasteiger partial charge in [0.05, 0.1) is 24.5 Å². The van der Waals surface area contributed by atoms with Crippen molar-refractivity contribution in [3.05, 3.63) is 34.5 Å². The first kappa shape index (κ1) is 22.9. The summed E-state index contributed by atoms with van der Waals surface area (Å²) in [6, 6.07) is 1.20. The molecule has 2 aromatic heterocycles. The molecule has 0 saturated carbocycles. The Kier molecular flexibility index (Phi) is 8.37. The lowest BCUT2D eigenvalue weighted by Crippen LogP contribution is -2.65. The summed E-state index contributed by atoms with van der Waals surface area (Å²) in [7, 11) is 1.22. The van der Waals surface area contributed by atoms with Crippen molar-refractivity contribution < 1.29 is 32.5 Å². The zero-order valence-electron chi connectivity index (χ0n) is 15.9. The Hall–Kier alpha value is -3.39. The molecule has 0 aliphatic carbocycles. The van der Waals surface area contributed by atoms with E-state index in [1.807, 2.05) is 0 Å². The van der Waals surface area contributed by atoms with Crippen LogP contribution < -0.4 is 31.7 Å². The molecule has 0 radical (unpaired) electrons. The molecule has 11 nitrogen and oxygen atoms in total. The maximum absolute atomic E-state index is 12.4. The Labute approximate surface area is 172 Å². The fourth-order valence-corrected chi connectivity index (χ4v) is 2.79. The van der Waals surface area contributed by atoms with E-state index in [1.165, 1.54) is 19.4 Å². The lowest BCUT2D eigenvalue weighted by atomic mass is 10.3. The summed E-state index contributed by atoms with van der Waals surface area (Å²) in [5.74, 6) is -1.34. The van der Waals surface area contributed by atoms with Crippen molar-refractivity contribution in [2.24, 2.45) is 5.73 Å². The number of methoxy groups -OCH3 is 1. The third-order valence-corrected chi connectivity index (χ3v) is 4.05. The van der Waals surface area contributed by atoms with E-state index in [4.69, 9.17) is 14.9 Å². The van der Waals surface area contributed by atoms with Crippen molar-refractivity contribution in [3.63, 3.8) is 0 Å².